The van der Waals surface area contributed by atoms with Crippen LogP contribution in [0, 0.1) is 0 Å². The lowest BCUT2D eigenvalue weighted by atomic mass is 10.1. The van der Waals surface area contributed by atoms with E-state index in [1.54, 1.807) is 13.0 Å². The van der Waals surface area contributed by atoms with Crippen molar-refractivity contribution in [2.75, 3.05) is 37.0 Å². The van der Waals surface area contributed by atoms with Crippen LogP contribution in [0.2, 0.25) is 0 Å². The highest BCUT2D eigenvalue weighted by Gasteiger charge is 2.29. The van der Waals surface area contributed by atoms with Gasteiger partial charge in [-0.1, -0.05) is 0 Å². The van der Waals surface area contributed by atoms with Gasteiger partial charge in [0.15, 0.2) is 5.82 Å². The van der Waals surface area contributed by atoms with Crippen molar-refractivity contribution in [1.29, 1.82) is 0 Å². The molecule has 0 aliphatic carbocycles. The highest BCUT2D eigenvalue weighted by Crippen LogP contribution is 2.28. The van der Waals surface area contributed by atoms with Crippen molar-refractivity contribution in [3.05, 3.63) is 17.8 Å². The third kappa shape index (κ3) is 3.25. The standard InChI is InChI=1S/C14H21N3O4/c1-3-20-14(19)11-4-5-16-13(12(11)15)17-6-10(7-18)21-8-9(17)2/h4-5,9-10,18H,3,6-8,15H2,1-2H3. The zero-order valence-electron chi connectivity index (χ0n) is 12.3. The molecule has 7 nitrogen and oxygen atoms in total. The molecule has 116 valence electrons. The van der Waals surface area contributed by atoms with E-state index < -0.39 is 5.97 Å². The number of nitrogen functional groups attached to an aromatic ring is 1. The Morgan fingerprint density at radius 3 is 3.10 bits per heavy atom. The molecule has 2 rings (SSSR count). The predicted octanol–water partition coefficient (Wildman–Crippen LogP) is 0.427. The Morgan fingerprint density at radius 1 is 1.67 bits per heavy atom. The van der Waals surface area contributed by atoms with E-state index in [0.29, 0.717) is 30.2 Å². The van der Waals surface area contributed by atoms with E-state index in [1.165, 1.54) is 6.20 Å². The molecule has 1 aliphatic rings. The topological polar surface area (TPSA) is 97.9 Å². The zero-order chi connectivity index (χ0) is 15.4. The molecule has 2 atom stereocenters. The molecule has 3 N–H and O–H groups in total. The Bertz CT molecular complexity index is 509. The van der Waals surface area contributed by atoms with Gasteiger partial charge in [-0.2, -0.15) is 0 Å². The predicted molar refractivity (Wildman–Crippen MR) is 78.2 cm³/mol. The molecule has 0 spiro atoms. The van der Waals surface area contributed by atoms with Crippen molar-refractivity contribution in [3.8, 4) is 0 Å². The monoisotopic (exact) mass is 295 g/mol. The third-order valence-electron chi connectivity index (χ3n) is 3.45. The van der Waals surface area contributed by atoms with Gasteiger partial charge < -0.3 is 25.2 Å². The van der Waals surface area contributed by atoms with E-state index in [2.05, 4.69) is 4.98 Å². The van der Waals surface area contributed by atoms with Crippen LogP contribution in [-0.4, -0.2) is 54.6 Å². The van der Waals surface area contributed by atoms with Gasteiger partial charge in [0.2, 0.25) is 0 Å². The van der Waals surface area contributed by atoms with Gasteiger partial charge >= 0.3 is 5.97 Å². The average Bonchev–Trinajstić information content (AvgIpc) is 2.48. The van der Waals surface area contributed by atoms with Crippen LogP contribution in [0.4, 0.5) is 11.5 Å². The van der Waals surface area contributed by atoms with Gasteiger partial charge in [0.05, 0.1) is 43.2 Å². The summed E-state index contributed by atoms with van der Waals surface area (Å²) in [5.74, 6) is 0.0630. The lowest BCUT2D eigenvalue weighted by Gasteiger charge is -2.38. The molecule has 0 aromatic carbocycles. The van der Waals surface area contributed by atoms with Crippen molar-refractivity contribution in [2.45, 2.75) is 26.0 Å². The fourth-order valence-electron chi connectivity index (χ4n) is 2.30. The molecule has 0 bridgehead atoms. The first kappa shape index (κ1) is 15.5. The van der Waals surface area contributed by atoms with E-state index in [0.717, 1.165) is 0 Å². The number of esters is 1. The summed E-state index contributed by atoms with van der Waals surface area (Å²) < 4.78 is 10.5. The Hall–Kier alpha value is -1.86. The summed E-state index contributed by atoms with van der Waals surface area (Å²) in [6, 6.07) is 1.60. The number of aliphatic hydroxyl groups excluding tert-OH is 1. The van der Waals surface area contributed by atoms with Crippen LogP contribution in [0.15, 0.2) is 12.3 Å². The lowest BCUT2D eigenvalue weighted by Crippen LogP contribution is -2.50. The maximum atomic E-state index is 11.9. The fourth-order valence-corrected chi connectivity index (χ4v) is 2.30. The fraction of sp³-hybridized carbons (Fsp3) is 0.571. The molecule has 21 heavy (non-hydrogen) atoms. The molecule has 2 heterocycles. The van der Waals surface area contributed by atoms with E-state index >= 15 is 0 Å². The Balaban J connectivity index is 2.30. The summed E-state index contributed by atoms with van der Waals surface area (Å²) in [6.45, 7) is 4.88. The highest BCUT2D eigenvalue weighted by atomic mass is 16.5. The number of rotatable bonds is 4. The average molecular weight is 295 g/mol. The van der Waals surface area contributed by atoms with Crippen molar-refractivity contribution in [2.24, 2.45) is 0 Å². The number of nitrogens with zero attached hydrogens (tertiary/aromatic N) is 2. The molecule has 7 heteroatoms. The van der Waals surface area contributed by atoms with Gasteiger partial charge in [-0.15, -0.1) is 0 Å². The number of carbonyl (C=O) groups excluding carboxylic acids is 1. The second kappa shape index (κ2) is 6.73. The number of aliphatic hydroxyl groups is 1. The maximum Gasteiger partial charge on any atom is 0.340 e. The first-order valence-electron chi connectivity index (χ1n) is 6.99. The molecule has 1 fully saturated rings. The molecule has 1 aromatic rings. The van der Waals surface area contributed by atoms with Crippen LogP contribution < -0.4 is 10.6 Å². The van der Waals surface area contributed by atoms with Crippen molar-refractivity contribution in [3.63, 3.8) is 0 Å². The van der Waals surface area contributed by atoms with Crippen molar-refractivity contribution < 1.29 is 19.4 Å². The smallest absolute Gasteiger partial charge is 0.340 e. The summed E-state index contributed by atoms with van der Waals surface area (Å²) >= 11 is 0. The van der Waals surface area contributed by atoms with Crippen LogP contribution in [0.5, 0.6) is 0 Å². The van der Waals surface area contributed by atoms with Crippen LogP contribution in [0.3, 0.4) is 0 Å². The number of pyridine rings is 1. The summed E-state index contributed by atoms with van der Waals surface area (Å²) in [6.07, 6.45) is 1.25. The van der Waals surface area contributed by atoms with Gasteiger partial charge in [0, 0.05) is 12.7 Å². The van der Waals surface area contributed by atoms with Crippen LogP contribution in [-0.2, 0) is 9.47 Å². The van der Waals surface area contributed by atoms with Crippen molar-refractivity contribution in [1.82, 2.24) is 4.98 Å². The van der Waals surface area contributed by atoms with Crippen LogP contribution in [0.25, 0.3) is 0 Å². The summed E-state index contributed by atoms with van der Waals surface area (Å²) in [4.78, 5) is 18.1. The number of hydrogen-bond donors (Lipinski definition) is 2. The highest BCUT2D eigenvalue weighted by molar-refractivity contribution is 5.97. The summed E-state index contributed by atoms with van der Waals surface area (Å²) in [7, 11) is 0. The third-order valence-corrected chi connectivity index (χ3v) is 3.45. The first-order valence-corrected chi connectivity index (χ1v) is 6.99. The number of aromatic nitrogens is 1. The van der Waals surface area contributed by atoms with E-state index in [1.807, 2.05) is 11.8 Å². The Morgan fingerprint density at radius 2 is 2.43 bits per heavy atom. The molecule has 2 unspecified atom stereocenters. The second-order valence-corrected chi connectivity index (χ2v) is 4.96. The molecular formula is C14H21N3O4. The SMILES string of the molecule is CCOC(=O)c1ccnc(N2CC(CO)OCC2C)c1N. The molecule has 1 aromatic heterocycles. The van der Waals surface area contributed by atoms with Crippen LogP contribution in [0.1, 0.15) is 24.2 Å². The molecule has 0 amide bonds. The van der Waals surface area contributed by atoms with Gasteiger partial charge in [0.25, 0.3) is 0 Å². The molecular weight excluding hydrogens is 274 g/mol. The minimum atomic E-state index is -0.460. The maximum absolute atomic E-state index is 11.9. The molecule has 0 saturated carbocycles. The summed E-state index contributed by atoms with van der Waals surface area (Å²) in [5.41, 5.74) is 6.69. The molecule has 0 radical (unpaired) electrons. The first-order chi connectivity index (χ1) is 10.1. The normalized spacial score (nSPS) is 22.1. The Kier molecular flexibility index (Phi) is 4.98. The quantitative estimate of drug-likeness (QED) is 0.777. The number of ether oxygens (including phenoxy) is 2. The van der Waals surface area contributed by atoms with Gasteiger partial charge in [-0.25, -0.2) is 9.78 Å². The number of anilines is 2. The van der Waals surface area contributed by atoms with Crippen LogP contribution >= 0.6 is 0 Å². The van der Waals surface area contributed by atoms with E-state index in [4.69, 9.17) is 15.2 Å². The second-order valence-electron chi connectivity index (χ2n) is 4.96. The largest absolute Gasteiger partial charge is 0.462 e. The minimum absolute atomic E-state index is 0.0556. The molecule has 1 saturated heterocycles. The van der Waals surface area contributed by atoms with Crippen molar-refractivity contribution >= 4 is 17.5 Å². The number of morpholine rings is 1. The molecule has 1 aliphatic heterocycles. The number of nitrogens with two attached hydrogens (primary N) is 1. The minimum Gasteiger partial charge on any atom is -0.462 e. The summed E-state index contributed by atoms with van der Waals surface area (Å²) in [5, 5.41) is 9.25. The van der Waals surface area contributed by atoms with E-state index in [9.17, 15) is 9.90 Å². The Labute approximate surface area is 123 Å². The number of carbonyl (C=O) groups is 1. The number of hydrogen-bond acceptors (Lipinski definition) is 7. The van der Waals surface area contributed by atoms with Gasteiger partial charge in [-0.3, -0.25) is 0 Å². The zero-order valence-corrected chi connectivity index (χ0v) is 12.3. The lowest BCUT2D eigenvalue weighted by molar-refractivity contribution is -0.0105. The van der Waals surface area contributed by atoms with Gasteiger partial charge in [0.1, 0.15) is 0 Å². The van der Waals surface area contributed by atoms with E-state index in [-0.39, 0.29) is 25.4 Å². The van der Waals surface area contributed by atoms with Gasteiger partial charge in [-0.05, 0) is 19.9 Å².